The van der Waals surface area contributed by atoms with Crippen LogP contribution in [0.3, 0.4) is 0 Å². The molecule has 1 N–H and O–H groups in total. The van der Waals surface area contributed by atoms with Crippen LogP contribution in [0.15, 0.2) is 77.6 Å². The predicted octanol–water partition coefficient (Wildman–Crippen LogP) is 5.34. The van der Waals surface area contributed by atoms with E-state index in [2.05, 4.69) is 34.2 Å². The fraction of sp³-hybridized carbons (Fsp3) is 0.290. The van der Waals surface area contributed by atoms with Crippen molar-refractivity contribution >= 4 is 23.1 Å². The minimum atomic E-state index is -0.445. The van der Waals surface area contributed by atoms with Gasteiger partial charge in [-0.1, -0.05) is 37.3 Å². The number of pyridine rings is 1. The Kier molecular flexibility index (Phi) is 7.56. The third kappa shape index (κ3) is 5.63. The molecule has 194 valence electrons. The van der Waals surface area contributed by atoms with E-state index in [4.69, 9.17) is 0 Å². The van der Waals surface area contributed by atoms with Gasteiger partial charge in [0.2, 0.25) is 0 Å². The molecule has 0 bridgehead atoms. The third-order valence-corrected chi connectivity index (χ3v) is 7.31. The molecular formula is C31H31FN4O2. The number of likely N-dealkylation sites (tertiary alicyclic amines) is 1. The maximum absolute atomic E-state index is 14.6. The lowest BCUT2D eigenvalue weighted by atomic mass is 9.97. The molecule has 0 aliphatic carbocycles. The monoisotopic (exact) mass is 510 g/mol. The van der Waals surface area contributed by atoms with Gasteiger partial charge in [0.1, 0.15) is 18.2 Å². The van der Waals surface area contributed by atoms with Gasteiger partial charge in [-0.3, -0.25) is 19.5 Å². The Morgan fingerprint density at radius 1 is 1.13 bits per heavy atom. The Hall–Kier alpha value is -3.97. The van der Waals surface area contributed by atoms with Gasteiger partial charge in [0.15, 0.2) is 11.6 Å². The highest BCUT2D eigenvalue weighted by atomic mass is 19.1. The predicted molar refractivity (Wildman–Crippen MR) is 147 cm³/mol. The number of anilines is 1. The maximum Gasteiger partial charge on any atom is 0.200 e. The molecule has 5 rings (SSSR count). The number of hydrogen-bond acceptors (Lipinski definition) is 6. The number of hydrogen-bond donors (Lipinski definition) is 1. The summed E-state index contributed by atoms with van der Waals surface area (Å²) in [6, 6.07) is 16.3. The van der Waals surface area contributed by atoms with Crippen LogP contribution in [-0.4, -0.2) is 47.3 Å². The van der Waals surface area contributed by atoms with E-state index in [0.29, 0.717) is 40.0 Å². The Labute approximate surface area is 222 Å². The summed E-state index contributed by atoms with van der Waals surface area (Å²) in [4.78, 5) is 36.6. The number of carbonyl (C=O) groups is 2. The first kappa shape index (κ1) is 25.7. The fourth-order valence-corrected chi connectivity index (χ4v) is 5.00. The Balaban J connectivity index is 1.31. The minimum absolute atomic E-state index is 0.0193. The smallest absolute Gasteiger partial charge is 0.200 e. The van der Waals surface area contributed by atoms with E-state index in [0.717, 1.165) is 30.5 Å². The van der Waals surface area contributed by atoms with Crippen LogP contribution in [0, 0.1) is 5.82 Å². The van der Waals surface area contributed by atoms with Crippen LogP contribution in [-0.2, 0) is 17.6 Å². The van der Waals surface area contributed by atoms with Crippen molar-refractivity contribution < 1.29 is 14.0 Å². The van der Waals surface area contributed by atoms with E-state index in [1.165, 1.54) is 12.5 Å². The zero-order chi connectivity index (χ0) is 26.6. The molecule has 1 aromatic heterocycles. The van der Waals surface area contributed by atoms with Gasteiger partial charge in [0.25, 0.3) is 0 Å². The van der Waals surface area contributed by atoms with Gasteiger partial charge in [0, 0.05) is 29.8 Å². The number of aryl methyl sites for hydroxylation is 1. The van der Waals surface area contributed by atoms with Crippen LogP contribution in [0.25, 0.3) is 0 Å². The number of halogens is 1. The van der Waals surface area contributed by atoms with Crippen LogP contribution >= 0.6 is 0 Å². The number of Topliss-reactive ketones (excluding diaryl/α,β-unsaturated/α-hetero) is 2. The highest BCUT2D eigenvalue weighted by Crippen LogP contribution is 2.30. The van der Waals surface area contributed by atoms with Crippen LogP contribution < -0.4 is 5.32 Å². The van der Waals surface area contributed by atoms with Gasteiger partial charge in [0.05, 0.1) is 11.4 Å². The van der Waals surface area contributed by atoms with Gasteiger partial charge in [-0.2, -0.15) is 0 Å². The molecule has 0 spiro atoms. The summed E-state index contributed by atoms with van der Waals surface area (Å²) in [5, 5.41) is 3.13. The van der Waals surface area contributed by atoms with Gasteiger partial charge >= 0.3 is 0 Å². The molecule has 7 heteroatoms. The van der Waals surface area contributed by atoms with E-state index in [1.54, 1.807) is 30.3 Å². The summed E-state index contributed by atoms with van der Waals surface area (Å²) in [6.07, 6.45) is 6.64. The lowest BCUT2D eigenvalue weighted by Crippen LogP contribution is -2.22. The first-order valence-corrected chi connectivity index (χ1v) is 13.0. The lowest BCUT2D eigenvalue weighted by molar-refractivity contribution is -0.114. The van der Waals surface area contributed by atoms with Crippen molar-refractivity contribution in [3.8, 4) is 0 Å². The van der Waals surface area contributed by atoms with E-state index < -0.39 is 5.82 Å². The van der Waals surface area contributed by atoms with Crippen LogP contribution in [0.1, 0.15) is 58.4 Å². The molecule has 2 aliphatic rings. The number of nitrogens with one attached hydrogen (secondary N) is 1. The van der Waals surface area contributed by atoms with Gasteiger partial charge in [-0.25, -0.2) is 9.37 Å². The summed E-state index contributed by atoms with van der Waals surface area (Å²) in [5.41, 5.74) is 4.74. The largest absolute Gasteiger partial charge is 0.337 e. The van der Waals surface area contributed by atoms with Crippen LogP contribution in [0.4, 0.5) is 10.2 Å². The second-order valence-electron chi connectivity index (χ2n) is 9.88. The lowest BCUT2D eigenvalue weighted by Gasteiger charge is -2.20. The Bertz CT molecular complexity index is 1410. The molecule has 1 atom stereocenters. The minimum Gasteiger partial charge on any atom is -0.337 e. The topological polar surface area (TPSA) is 74.7 Å². The molecule has 1 fully saturated rings. The molecule has 0 amide bonds. The van der Waals surface area contributed by atoms with Crippen molar-refractivity contribution in [2.75, 3.05) is 25.5 Å². The number of allylic oxidation sites excluding steroid dienone is 1. The van der Waals surface area contributed by atoms with Crippen molar-refractivity contribution in [1.82, 2.24) is 9.88 Å². The van der Waals surface area contributed by atoms with Crippen LogP contribution in [0.2, 0.25) is 0 Å². The second kappa shape index (κ2) is 11.2. The molecule has 1 unspecified atom stereocenters. The molecule has 3 aromatic rings. The molecule has 2 aromatic carbocycles. The number of ketones is 2. The summed E-state index contributed by atoms with van der Waals surface area (Å²) in [5.74, 6) is -0.169. The highest BCUT2D eigenvalue weighted by molar-refractivity contribution is 6.17. The van der Waals surface area contributed by atoms with Crippen molar-refractivity contribution in [2.24, 2.45) is 4.99 Å². The molecule has 3 heterocycles. The summed E-state index contributed by atoms with van der Waals surface area (Å²) < 4.78 is 14.6. The van der Waals surface area contributed by atoms with Crippen LogP contribution in [0.5, 0.6) is 0 Å². The molecule has 6 nitrogen and oxygen atoms in total. The molecule has 0 saturated carbocycles. The molecule has 0 radical (unpaired) electrons. The zero-order valence-corrected chi connectivity index (χ0v) is 21.7. The van der Waals surface area contributed by atoms with E-state index in [9.17, 15) is 14.0 Å². The number of benzene rings is 2. The number of nitrogens with zero attached hydrogens (tertiary/aromatic N) is 3. The van der Waals surface area contributed by atoms with E-state index in [1.807, 2.05) is 30.5 Å². The molecule has 38 heavy (non-hydrogen) atoms. The molecule has 2 aliphatic heterocycles. The van der Waals surface area contributed by atoms with Crippen molar-refractivity contribution in [3.05, 3.63) is 106 Å². The number of carbonyl (C=O) groups excluding carboxylic acids is 2. The second-order valence-corrected chi connectivity index (χ2v) is 9.88. The average Bonchev–Trinajstić information content (AvgIpc) is 3.37. The number of aliphatic imine (C=N–C) groups is 1. The number of aromatic nitrogens is 1. The van der Waals surface area contributed by atoms with Crippen molar-refractivity contribution in [3.63, 3.8) is 0 Å². The first-order chi connectivity index (χ1) is 18.4. The summed E-state index contributed by atoms with van der Waals surface area (Å²) in [7, 11) is 2.12. The Morgan fingerprint density at radius 3 is 2.63 bits per heavy atom. The first-order valence-electron chi connectivity index (χ1n) is 13.0. The molecule has 1 saturated heterocycles. The maximum atomic E-state index is 14.6. The van der Waals surface area contributed by atoms with Crippen molar-refractivity contribution in [2.45, 2.75) is 38.6 Å². The van der Waals surface area contributed by atoms with Gasteiger partial charge in [-0.15, -0.1) is 0 Å². The van der Waals surface area contributed by atoms with Gasteiger partial charge < -0.3 is 5.32 Å². The summed E-state index contributed by atoms with van der Waals surface area (Å²) >= 11 is 0. The van der Waals surface area contributed by atoms with Gasteiger partial charge in [-0.05, 0) is 79.9 Å². The Morgan fingerprint density at radius 2 is 1.95 bits per heavy atom. The zero-order valence-electron chi connectivity index (χ0n) is 21.7. The normalized spacial score (nSPS) is 17.8. The average molecular weight is 511 g/mol. The standard InChI is InChI=1S/C31H31FN4O2/c1-3-20-6-8-21(9-7-20)29(37)16-24-15-22(10-12-25(24)32)26-17-27(30(38)19-33-26)35-31-13-11-23(18-34-31)28-5-4-14-36(28)2/h6-13,15,17-18,28H,3-5,14,16,19H2,1-2H3,(H,34,35). The van der Waals surface area contributed by atoms with Crippen molar-refractivity contribution in [1.29, 1.82) is 0 Å². The number of rotatable bonds is 8. The third-order valence-electron chi connectivity index (χ3n) is 7.31. The number of dihydropyridines is 1. The van der Waals surface area contributed by atoms with E-state index in [-0.39, 0.29) is 24.5 Å². The summed E-state index contributed by atoms with van der Waals surface area (Å²) in [6.45, 7) is 3.12. The quantitative estimate of drug-likeness (QED) is 0.414. The molecular weight excluding hydrogens is 479 g/mol. The fourth-order valence-electron chi connectivity index (χ4n) is 5.00. The SMILES string of the molecule is CCc1ccc(C(=O)Cc2cc(C3=NCC(=O)C(Nc4ccc(C5CCCN5C)cn4)=C3)ccc2F)cc1. The highest BCUT2D eigenvalue weighted by Gasteiger charge is 2.23. The van der Waals surface area contributed by atoms with E-state index >= 15 is 0 Å².